The smallest absolute Gasteiger partial charge is 0.341 e. The molecule has 0 atom stereocenters. The maximum absolute atomic E-state index is 12.7. The molecule has 0 saturated carbocycles. The Hall–Kier alpha value is -2.45. The minimum absolute atomic E-state index is 0.0896. The highest BCUT2D eigenvalue weighted by Gasteiger charge is 2.27. The Morgan fingerprint density at radius 1 is 1.18 bits per heavy atom. The van der Waals surface area contributed by atoms with Crippen molar-refractivity contribution in [2.24, 2.45) is 0 Å². The van der Waals surface area contributed by atoms with Crippen LogP contribution in [0.5, 0.6) is 0 Å². The molecule has 1 aliphatic rings. The Kier molecular flexibility index (Phi) is 5.32. The minimum atomic E-state index is -0.393. The number of ether oxygens (including phenoxy) is 1. The molecule has 1 amide bonds. The van der Waals surface area contributed by atoms with Crippen LogP contribution in [0.2, 0.25) is 0 Å². The van der Waals surface area contributed by atoms with Crippen LogP contribution < -0.4 is 10.2 Å². The molecule has 0 unspecified atom stereocenters. The topological polar surface area (TPSA) is 77.4 Å². The largest absolute Gasteiger partial charge is 0.462 e. The molecule has 0 aliphatic heterocycles. The highest BCUT2D eigenvalue weighted by atomic mass is 32.1. The van der Waals surface area contributed by atoms with Gasteiger partial charge in [-0.2, -0.15) is 0 Å². The second-order valence-corrected chi connectivity index (χ2v) is 8.70. The number of thiazole rings is 1. The summed E-state index contributed by atoms with van der Waals surface area (Å²) in [7, 11) is 0. The molecular weight excluding hydrogens is 396 g/mol. The Morgan fingerprint density at radius 2 is 1.96 bits per heavy atom. The normalized spacial score (nSPS) is 13.3. The zero-order chi connectivity index (χ0) is 19.7. The van der Waals surface area contributed by atoms with Crippen LogP contribution in [0.3, 0.4) is 0 Å². The van der Waals surface area contributed by atoms with Crippen LogP contribution in [-0.4, -0.2) is 23.1 Å². The summed E-state index contributed by atoms with van der Waals surface area (Å²) in [5.41, 5.74) is 2.23. The third-order valence-corrected chi connectivity index (χ3v) is 6.95. The zero-order valence-electron chi connectivity index (χ0n) is 15.4. The highest BCUT2D eigenvalue weighted by Crippen LogP contribution is 2.38. The number of carbonyl (C=O) groups excluding carboxylic acids is 2. The lowest BCUT2D eigenvalue weighted by molar-refractivity contribution is -0.116. The number of para-hydroxylation sites is 1. The number of rotatable bonds is 5. The van der Waals surface area contributed by atoms with Gasteiger partial charge in [-0.05, 0) is 50.3 Å². The first-order valence-electron chi connectivity index (χ1n) is 9.28. The van der Waals surface area contributed by atoms with Gasteiger partial charge >= 0.3 is 10.8 Å². The van der Waals surface area contributed by atoms with Gasteiger partial charge in [0.05, 0.1) is 22.4 Å². The predicted molar refractivity (Wildman–Crippen MR) is 112 cm³/mol. The first kappa shape index (κ1) is 18.9. The molecule has 6 nitrogen and oxygen atoms in total. The Labute approximate surface area is 169 Å². The van der Waals surface area contributed by atoms with Crippen LogP contribution >= 0.6 is 22.7 Å². The highest BCUT2D eigenvalue weighted by molar-refractivity contribution is 7.17. The predicted octanol–water partition coefficient (Wildman–Crippen LogP) is 3.82. The third-order valence-electron chi connectivity index (χ3n) is 4.78. The van der Waals surface area contributed by atoms with E-state index in [1.54, 1.807) is 6.92 Å². The summed E-state index contributed by atoms with van der Waals surface area (Å²) in [4.78, 5) is 38.5. The zero-order valence-corrected chi connectivity index (χ0v) is 17.1. The van der Waals surface area contributed by atoms with Crippen LogP contribution in [-0.2, 0) is 28.9 Å². The van der Waals surface area contributed by atoms with E-state index in [4.69, 9.17) is 4.74 Å². The molecule has 2 heterocycles. The molecule has 146 valence electrons. The number of aromatic nitrogens is 1. The van der Waals surface area contributed by atoms with Gasteiger partial charge in [0, 0.05) is 4.88 Å². The molecule has 4 rings (SSSR count). The van der Waals surface area contributed by atoms with E-state index < -0.39 is 5.97 Å². The minimum Gasteiger partial charge on any atom is -0.462 e. The van der Waals surface area contributed by atoms with E-state index >= 15 is 0 Å². The summed E-state index contributed by atoms with van der Waals surface area (Å²) in [6, 6.07) is 7.40. The van der Waals surface area contributed by atoms with E-state index in [9.17, 15) is 14.4 Å². The van der Waals surface area contributed by atoms with E-state index in [1.807, 2.05) is 24.3 Å². The van der Waals surface area contributed by atoms with E-state index in [0.717, 1.165) is 57.7 Å². The van der Waals surface area contributed by atoms with E-state index in [0.29, 0.717) is 10.6 Å². The van der Waals surface area contributed by atoms with Crippen molar-refractivity contribution in [1.29, 1.82) is 0 Å². The number of nitrogens with one attached hydrogen (secondary N) is 1. The van der Waals surface area contributed by atoms with E-state index in [-0.39, 0.29) is 23.9 Å². The second-order valence-electron chi connectivity index (χ2n) is 6.61. The lowest BCUT2D eigenvalue weighted by Gasteiger charge is -2.12. The number of anilines is 1. The number of hydrogen-bond donors (Lipinski definition) is 1. The van der Waals surface area contributed by atoms with E-state index in [1.165, 1.54) is 15.9 Å². The van der Waals surface area contributed by atoms with Crippen molar-refractivity contribution in [3.05, 3.63) is 49.9 Å². The van der Waals surface area contributed by atoms with Crippen LogP contribution in [0.25, 0.3) is 10.2 Å². The molecule has 0 fully saturated rings. The Balaban J connectivity index is 1.62. The van der Waals surface area contributed by atoms with Crippen LogP contribution in [0.15, 0.2) is 29.1 Å². The van der Waals surface area contributed by atoms with Crippen molar-refractivity contribution in [1.82, 2.24) is 4.57 Å². The van der Waals surface area contributed by atoms with Gasteiger partial charge in [0.1, 0.15) is 11.5 Å². The molecule has 1 N–H and O–H groups in total. The molecule has 0 spiro atoms. The lowest BCUT2D eigenvalue weighted by atomic mass is 9.95. The van der Waals surface area contributed by atoms with Crippen molar-refractivity contribution in [2.75, 3.05) is 11.9 Å². The molecule has 8 heteroatoms. The van der Waals surface area contributed by atoms with Gasteiger partial charge < -0.3 is 10.1 Å². The van der Waals surface area contributed by atoms with Gasteiger partial charge in [-0.3, -0.25) is 14.2 Å². The van der Waals surface area contributed by atoms with Gasteiger partial charge in [0.15, 0.2) is 0 Å². The molecule has 1 aliphatic carbocycles. The number of esters is 1. The van der Waals surface area contributed by atoms with Crippen molar-refractivity contribution >= 4 is 49.8 Å². The van der Waals surface area contributed by atoms with Crippen molar-refractivity contribution in [2.45, 2.75) is 39.2 Å². The average Bonchev–Trinajstić information content (AvgIpc) is 3.19. The third kappa shape index (κ3) is 3.49. The molecule has 0 bridgehead atoms. The molecule has 2 aromatic heterocycles. The van der Waals surface area contributed by atoms with Crippen molar-refractivity contribution in [3.8, 4) is 0 Å². The number of carbonyl (C=O) groups is 2. The first-order chi connectivity index (χ1) is 13.6. The Bertz CT molecular complexity index is 1110. The number of hydrogen-bond acceptors (Lipinski definition) is 6. The average molecular weight is 417 g/mol. The van der Waals surface area contributed by atoms with Gasteiger partial charge in [0.2, 0.25) is 5.91 Å². The number of fused-ring (bicyclic) bond motifs is 2. The summed E-state index contributed by atoms with van der Waals surface area (Å²) in [6.07, 6.45) is 3.85. The molecule has 0 radical (unpaired) electrons. The molecule has 1 aromatic carbocycles. The maximum Gasteiger partial charge on any atom is 0.341 e. The fourth-order valence-corrected chi connectivity index (χ4v) is 5.73. The van der Waals surface area contributed by atoms with Crippen LogP contribution in [0, 0.1) is 0 Å². The molecule has 28 heavy (non-hydrogen) atoms. The standard InChI is InChI=1S/C20H20N2O4S2/c1-2-26-19(24)17-12-7-3-5-9-14(12)27-18(17)21-16(23)11-22-13-8-4-6-10-15(13)28-20(22)25/h4,6,8,10H,2-3,5,7,9,11H2,1H3,(H,21,23). The van der Waals surface area contributed by atoms with Crippen molar-refractivity contribution < 1.29 is 14.3 Å². The summed E-state index contributed by atoms with van der Waals surface area (Å²) < 4.78 is 7.53. The quantitative estimate of drug-likeness (QED) is 0.642. The number of nitrogens with zero attached hydrogens (tertiary/aromatic N) is 1. The van der Waals surface area contributed by atoms with Gasteiger partial charge in [-0.25, -0.2) is 4.79 Å². The van der Waals surface area contributed by atoms with Gasteiger partial charge in [-0.1, -0.05) is 23.5 Å². The fraction of sp³-hybridized carbons (Fsp3) is 0.350. The summed E-state index contributed by atoms with van der Waals surface area (Å²) >= 11 is 2.57. The van der Waals surface area contributed by atoms with Crippen molar-refractivity contribution in [3.63, 3.8) is 0 Å². The Morgan fingerprint density at radius 3 is 2.79 bits per heavy atom. The monoisotopic (exact) mass is 416 g/mol. The molecule has 0 saturated heterocycles. The van der Waals surface area contributed by atoms with E-state index in [2.05, 4.69) is 5.32 Å². The summed E-state index contributed by atoms with van der Waals surface area (Å²) in [5.74, 6) is -0.717. The first-order valence-corrected chi connectivity index (χ1v) is 10.9. The second kappa shape index (κ2) is 7.89. The molecule has 3 aromatic rings. The van der Waals surface area contributed by atoms with Gasteiger partial charge in [-0.15, -0.1) is 11.3 Å². The van der Waals surface area contributed by atoms with Gasteiger partial charge in [0.25, 0.3) is 0 Å². The number of amides is 1. The lowest BCUT2D eigenvalue weighted by Crippen LogP contribution is -2.24. The molecular formula is C20H20N2O4S2. The number of aryl methyl sites for hydroxylation is 1. The fourth-order valence-electron chi connectivity index (χ4n) is 3.55. The summed E-state index contributed by atoms with van der Waals surface area (Å²) in [6.45, 7) is 1.96. The maximum atomic E-state index is 12.7. The van der Waals surface area contributed by atoms with Crippen LogP contribution in [0.1, 0.15) is 40.6 Å². The SMILES string of the molecule is CCOC(=O)c1c(NC(=O)Cn2c(=O)sc3ccccc32)sc2c1CCCC2. The number of thiophene rings is 1. The van der Waals surface area contributed by atoms with Crippen LogP contribution in [0.4, 0.5) is 5.00 Å². The summed E-state index contributed by atoms with van der Waals surface area (Å²) in [5, 5.41) is 3.39. The number of benzene rings is 1.